The fraction of sp³-hybridized carbons (Fsp3) is 0.571. The highest BCUT2D eigenvalue weighted by Gasteiger charge is 2.55. The van der Waals surface area contributed by atoms with E-state index in [1.807, 2.05) is 51.1 Å². The number of hydrogen-bond donors (Lipinski definition) is 1. The number of carbonyl (C=O) groups is 3. The summed E-state index contributed by atoms with van der Waals surface area (Å²) in [6, 6.07) is 9.27. The van der Waals surface area contributed by atoms with Crippen molar-refractivity contribution in [2.45, 2.75) is 64.6 Å². The molecule has 4 amide bonds. The summed E-state index contributed by atoms with van der Waals surface area (Å²) in [4.78, 5) is 41.3. The first-order valence-electron chi connectivity index (χ1n) is 9.82. The molecule has 1 aromatic rings. The van der Waals surface area contributed by atoms with E-state index >= 15 is 0 Å². The van der Waals surface area contributed by atoms with Crippen molar-refractivity contribution in [2.24, 2.45) is 5.92 Å². The van der Waals surface area contributed by atoms with E-state index < -0.39 is 11.6 Å². The van der Waals surface area contributed by atoms with E-state index in [-0.39, 0.29) is 30.3 Å². The number of benzene rings is 1. The monoisotopic (exact) mass is 371 g/mol. The molecule has 1 saturated heterocycles. The van der Waals surface area contributed by atoms with Gasteiger partial charge in [0.05, 0.1) is 0 Å². The Balaban J connectivity index is 1.73. The summed E-state index contributed by atoms with van der Waals surface area (Å²) in [6.45, 7) is 6.15. The molecule has 146 valence electrons. The van der Waals surface area contributed by atoms with E-state index in [9.17, 15) is 14.4 Å². The topological polar surface area (TPSA) is 69.7 Å². The van der Waals surface area contributed by atoms with Crippen molar-refractivity contribution in [1.29, 1.82) is 0 Å². The first-order chi connectivity index (χ1) is 12.8. The molecule has 3 rings (SSSR count). The van der Waals surface area contributed by atoms with Gasteiger partial charge in [-0.25, -0.2) is 4.79 Å². The van der Waals surface area contributed by atoms with E-state index in [0.717, 1.165) is 29.7 Å². The fourth-order valence-corrected chi connectivity index (χ4v) is 4.20. The number of hydrogen-bond acceptors (Lipinski definition) is 3. The molecule has 0 radical (unpaired) electrons. The number of urea groups is 1. The van der Waals surface area contributed by atoms with Crippen molar-refractivity contribution >= 4 is 17.8 Å². The average Bonchev–Trinajstić information content (AvgIpc) is 2.88. The Hall–Kier alpha value is -2.37. The van der Waals surface area contributed by atoms with Crippen LogP contribution in [0.3, 0.4) is 0 Å². The molecule has 1 aliphatic heterocycles. The van der Waals surface area contributed by atoms with Crippen LogP contribution in [0.2, 0.25) is 0 Å². The number of carbonyl (C=O) groups excluding carboxylic acids is 3. The number of nitrogens with zero attached hydrogens (tertiary/aromatic N) is 2. The van der Waals surface area contributed by atoms with Gasteiger partial charge in [-0.2, -0.15) is 0 Å². The van der Waals surface area contributed by atoms with E-state index in [0.29, 0.717) is 13.0 Å². The van der Waals surface area contributed by atoms with Crippen molar-refractivity contribution < 1.29 is 14.4 Å². The zero-order valence-electron chi connectivity index (χ0n) is 16.4. The normalized spacial score (nSPS) is 25.2. The molecule has 2 atom stereocenters. The van der Waals surface area contributed by atoms with Crippen LogP contribution in [0.15, 0.2) is 30.3 Å². The lowest BCUT2D eigenvalue weighted by atomic mass is 9.73. The maximum Gasteiger partial charge on any atom is 0.325 e. The Morgan fingerprint density at radius 1 is 1.26 bits per heavy atom. The van der Waals surface area contributed by atoms with E-state index in [1.54, 1.807) is 4.90 Å². The second-order valence-corrected chi connectivity index (χ2v) is 8.04. The van der Waals surface area contributed by atoms with Crippen molar-refractivity contribution in [3.63, 3.8) is 0 Å². The number of rotatable bonds is 5. The Kier molecular flexibility index (Phi) is 5.53. The lowest BCUT2D eigenvalue weighted by Crippen LogP contribution is -2.54. The maximum atomic E-state index is 13.1. The van der Waals surface area contributed by atoms with Crippen LogP contribution < -0.4 is 5.32 Å². The zero-order chi connectivity index (χ0) is 19.6. The predicted octanol–water partition coefficient (Wildman–Crippen LogP) is 2.92. The predicted molar refractivity (Wildman–Crippen MR) is 103 cm³/mol. The molecular formula is C21H29N3O3. The molecule has 6 nitrogen and oxygen atoms in total. The second-order valence-electron chi connectivity index (χ2n) is 8.04. The minimum Gasteiger partial charge on any atom is -0.334 e. The first kappa shape index (κ1) is 19.4. The Morgan fingerprint density at radius 2 is 1.96 bits per heavy atom. The summed E-state index contributed by atoms with van der Waals surface area (Å²) in [5, 5.41) is 2.91. The van der Waals surface area contributed by atoms with Gasteiger partial charge in [0.1, 0.15) is 12.1 Å². The summed E-state index contributed by atoms with van der Waals surface area (Å²) in [7, 11) is 0. The third kappa shape index (κ3) is 3.70. The Morgan fingerprint density at radius 3 is 2.59 bits per heavy atom. The van der Waals surface area contributed by atoms with Crippen LogP contribution in [0.5, 0.6) is 0 Å². The molecule has 1 heterocycles. The largest absolute Gasteiger partial charge is 0.334 e. The van der Waals surface area contributed by atoms with Gasteiger partial charge < -0.3 is 10.2 Å². The molecule has 6 heteroatoms. The van der Waals surface area contributed by atoms with Crippen molar-refractivity contribution in [1.82, 2.24) is 15.1 Å². The molecule has 1 aromatic carbocycles. The van der Waals surface area contributed by atoms with Crippen LogP contribution in [0.4, 0.5) is 4.79 Å². The smallest absolute Gasteiger partial charge is 0.325 e. The lowest BCUT2D eigenvalue weighted by Gasteiger charge is -2.37. The quantitative estimate of drug-likeness (QED) is 0.809. The van der Waals surface area contributed by atoms with Gasteiger partial charge >= 0.3 is 6.03 Å². The van der Waals surface area contributed by atoms with Crippen LogP contribution in [0.1, 0.15) is 52.0 Å². The standard InChI is InChI=1S/C21H29N3O3/c1-15(2)23(13-17-10-5-4-6-11-17)18(25)14-24-19(26)21(22-20(24)27)12-8-7-9-16(21)3/h4-6,10-11,15-16H,7-9,12-14H2,1-3H3,(H,22,27)/t16-,21-/m1/s1. The van der Waals surface area contributed by atoms with Gasteiger partial charge in [0.25, 0.3) is 5.91 Å². The highest BCUT2D eigenvalue weighted by molar-refractivity contribution is 6.09. The molecule has 1 spiro atoms. The SMILES string of the molecule is CC(C)N(Cc1ccccc1)C(=O)CN1C(=O)N[C@@]2(CCCC[C@H]2C)C1=O. The number of imide groups is 1. The molecule has 1 aliphatic carbocycles. The average molecular weight is 371 g/mol. The minimum absolute atomic E-state index is 0.0268. The zero-order valence-corrected chi connectivity index (χ0v) is 16.4. The maximum absolute atomic E-state index is 13.1. The van der Waals surface area contributed by atoms with Gasteiger partial charge in [0.2, 0.25) is 5.91 Å². The molecule has 1 N–H and O–H groups in total. The van der Waals surface area contributed by atoms with Gasteiger partial charge in [-0.1, -0.05) is 50.1 Å². The van der Waals surface area contributed by atoms with E-state index in [4.69, 9.17) is 0 Å². The number of nitrogens with one attached hydrogen (secondary N) is 1. The molecule has 1 saturated carbocycles. The van der Waals surface area contributed by atoms with Gasteiger partial charge in [-0.3, -0.25) is 14.5 Å². The molecule has 0 unspecified atom stereocenters. The van der Waals surface area contributed by atoms with Gasteiger partial charge in [-0.15, -0.1) is 0 Å². The molecule has 0 aromatic heterocycles. The highest BCUT2D eigenvalue weighted by atomic mass is 16.2. The first-order valence-corrected chi connectivity index (χ1v) is 9.82. The van der Waals surface area contributed by atoms with Crippen LogP contribution in [0, 0.1) is 5.92 Å². The third-order valence-electron chi connectivity index (χ3n) is 5.93. The van der Waals surface area contributed by atoms with Crippen molar-refractivity contribution in [2.75, 3.05) is 6.54 Å². The van der Waals surface area contributed by atoms with E-state index in [2.05, 4.69) is 5.32 Å². The third-order valence-corrected chi connectivity index (χ3v) is 5.93. The van der Waals surface area contributed by atoms with Crippen LogP contribution in [0.25, 0.3) is 0 Å². The summed E-state index contributed by atoms with van der Waals surface area (Å²) in [6.07, 6.45) is 3.56. The second kappa shape index (κ2) is 7.71. The minimum atomic E-state index is -0.822. The molecule has 27 heavy (non-hydrogen) atoms. The summed E-state index contributed by atoms with van der Waals surface area (Å²) >= 11 is 0. The van der Waals surface area contributed by atoms with Crippen LogP contribution in [-0.4, -0.2) is 45.8 Å². The van der Waals surface area contributed by atoms with E-state index in [1.165, 1.54) is 0 Å². The van der Waals surface area contributed by atoms with Gasteiger partial charge in [0.15, 0.2) is 0 Å². The van der Waals surface area contributed by atoms with Crippen molar-refractivity contribution in [3.05, 3.63) is 35.9 Å². The summed E-state index contributed by atoms with van der Waals surface area (Å²) in [5.74, 6) is -0.359. The number of amides is 4. The molecule has 0 bridgehead atoms. The lowest BCUT2D eigenvalue weighted by molar-refractivity contribution is -0.141. The molecule has 2 fully saturated rings. The Bertz CT molecular complexity index is 719. The summed E-state index contributed by atoms with van der Waals surface area (Å²) < 4.78 is 0. The Labute approximate surface area is 160 Å². The molecular weight excluding hydrogens is 342 g/mol. The highest BCUT2D eigenvalue weighted by Crippen LogP contribution is 2.38. The summed E-state index contributed by atoms with van der Waals surface area (Å²) in [5.41, 5.74) is 0.201. The van der Waals surface area contributed by atoms with Crippen LogP contribution in [-0.2, 0) is 16.1 Å². The van der Waals surface area contributed by atoms with Gasteiger partial charge in [0, 0.05) is 12.6 Å². The molecule has 2 aliphatic rings. The van der Waals surface area contributed by atoms with Crippen LogP contribution >= 0.6 is 0 Å². The fourth-order valence-electron chi connectivity index (χ4n) is 4.20. The van der Waals surface area contributed by atoms with Gasteiger partial charge in [-0.05, 0) is 38.2 Å². The van der Waals surface area contributed by atoms with Crippen molar-refractivity contribution in [3.8, 4) is 0 Å².